The van der Waals surface area contributed by atoms with Crippen LogP contribution in [0.4, 0.5) is 4.79 Å². The molecule has 2 rings (SSSR count). The predicted molar refractivity (Wildman–Crippen MR) is 147 cm³/mol. The zero-order chi connectivity index (χ0) is 27.1. The van der Waals surface area contributed by atoms with Crippen LogP contribution in [0.15, 0.2) is 12.2 Å². The van der Waals surface area contributed by atoms with E-state index in [-0.39, 0.29) is 40.8 Å². The summed E-state index contributed by atoms with van der Waals surface area (Å²) in [6.45, 7) is 19.9. The van der Waals surface area contributed by atoms with Crippen LogP contribution in [-0.4, -0.2) is 54.0 Å². The maximum atomic E-state index is 14.1. The molecular formula is C29H52N4O3. The van der Waals surface area contributed by atoms with Crippen molar-refractivity contribution in [3.63, 3.8) is 0 Å². The third-order valence-corrected chi connectivity index (χ3v) is 8.42. The van der Waals surface area contributed by atoms with Crippen molar-refractivity contribution in [2.24, 2.45) is 16.7 Å². The standard InChI is InChI=1S/C29H52N4O3/c1-9-21-18-22(20(3)4)33(19-21)26(35)25(29(8)16-12-11-13-17-29)32-27(36)31-23(28(5,6)7)14-15-24(34)30-10-2/h21-23,25H,3,9-19H2,1-2,4-8H3,(H,30,34)(H2,31,32,36)/t21-,22?,23?,25?/m1/s1. The molecule has 7 nitrogen and oxygen atoms in total. The second kappa shape index (κ2) is 13.0. The molecule has 4 amide bonds. The van der Waals surface area contributed by atoms with E-state index in [1.165, 1.54) is 6.42 Å². The minimum atomic E-state index is -0.584. The van der Waals surface area contributed by atoms with Gasteiger partial charge in [0, 0.05) is 25.6 Å². The van der Waals surface area contributed by atoms with Gasteiger partial charge in [-0.05, 0) is 56.3 Å². The van der Waals surface area contributed by atoms with E-state index in [1.54, 1.807) is 0 Å². The van der Waals surface area contributed by atoms with E-state index in [4.69, 9.17) is 0 Å². The van der Waals surface area contributed by atoms with Crippen LogP contribution in [0.1, 0.15) is 106 Å². The van der Waals surface area contributed by atoms with Crippen molar-refractivity contribution in [1.29, 1.82) is 0 Å². The molecule has 0 aromatic rings. The number of urea groups is 1. The van der Waals surface area contributed by atoms with E-state index in [0.717, 1.165) is 50.6 Å². The molecule has 0 radical (unpaired) electrons. The molecule has 4 atom stereocenters. The molecule has 0 aromatic heterocycles. The summed E-state index contributed by atoms with van der Waals surface area (Å²) in [7, 11) is 0. The Morgan fingerprint density at radius 1 is 1.08 bits per heavy atom. The number of carbonyl (C=O) groups excluding carboxylic acids is 3. The Balaban J connectivity index is 2.24. The number of hydrogen-bond donors (Lipinski definition) is 3. The summed E-state index contributed by atoms with van der Waals surface area (Å²) in [6, 6.07) is -1.08. The lowest BCUT2D eigenvalue weighted by molar-refractivity contribution is -0.137. The first-order valence-electron chi connectivity index (χ1n) is 14.1. The van der Waals surface area contributed by atoms with Gasteiger partial charge in [0.2, 0.25) is 11.8 Å². The van der Waals surface area contributed by atoms with Crippen molar-refractivity contribution in [2.75, 3.05) is 13.1 Å². The summed E-state index contributed by atoms with van der Waals surface area (Å²) in [5.74, 6) is 0.471. The zero-order valence-corrected chi connectivity index (χ0v) is 24.0. The van der Waals surface area contributed by atoms with Gasteiger partial charge in [0.25, 0.3) is 0 Å². The van der Waals surface area contributed by atoms with E-state index in [2.05, 4.69) is 57.1 Å². The highest BCUT2D eigenvalue weighted by atomic mass is 16.2. The molecule has 1 aliphatic carbocycles. The zero-order valence-electron chi connectivity index (χ0n) is 24.0. The molecule has 0 spiro atoms. The average Bonchev–Trinajstić information content (AvgIpc) is 3.25. The minimum absolute atomic E-state index is 0.0120. The van der Waals surface area contributed by atoms with Crippen molar-refractivity contribution in [2.45, 2.75) is 124 Å². The highest BCUT2D eigenvalue weighted by Crippen LogP contribution is 2.41. The SMILES string of the molecule is C=C(C)C1C[C@@H](CC)CN1C(=O)C(NC(=O)NC(CCC(=O)NCC)C(C)(C)C)C1(C)CCCCC1. The van der Waals surface area contributed by atoms with Gasteiger partial charge in [0.1, 0.15) is 6.04 Å². The normalized spacial score (nSPS) is 23.5. The largest absolute Gasteiger partial charge is 0.356 e. The molecule has 0 aromatic carbocycles. The number of rotatable bonds is 10. The Labute approximate surface area is 219 Å². The lowest BCUT2D eigenvalue weighted by Crippen LogP contribution is -2.61. The Morgan fingerprint density at radius 2 is 1.72 bits per heavy atom. The molecule has 2 fully saturated rings. The van der Waals surface area contributed by atoms with Crippen molar-refractivity contribution in [3.05, 3.63) is 12.2 Å². The van der Waals surface area contributed by atoms with Gasteiger partial charge in [-0.1, -0.05) is 72.5 Å². The van der Waals surface area contributed by atoms with Crippen LogP contribution in [-0.2, 0) is 9.59 Å². The van der Waals surface area contributed by atoms with Gasteiger partial charge in [0.05, 0.1) is 6.04 Å². The van der Waals surface area contributed by atoms with Gasteiger partial charge in [0.15, 0.2) is 0 Å². The molecule has 1 saturated carbocycles. The Hall–Kier alpha value is -2.05. The lowest BCUT2D eigenvalue weighted by Gasteiger charge is -2.43. The molecule has 1 heterocycles. The van der Waals surface area contributed by atoms with Gasteiger partial charge in [-0.25, -0.2) is 4.79 Å². The fourth-order valence-corrected chi connectivity index (χ4v) is 5.89. The number of carbonyl (C=O) groups is 3. The predicted octanol–water partition coefficient (Wildman–Crippen LogP) is 5.16. The first-order chi connectivity index (χ1) is 16.8. The fourth-order valence-electron chi connectivity index (χ4n) is 5.89. The smallest absolute Gasteiger partial charge is 0.315 e. The first-order valence-corrected chi connectivity index (χ1v) is 14.1. The monoisotopic (exact) mass is 504 g/mol. The van der Waals surface area contributed by atoms with Crippen LogP contribution in [0.25, 0.3) is 0 Å². The summed E-state index contributed by atoms with van der Waals surface area (Å²) in [5, 5.41) is 9.09. The van der Waals surface area contributed by atoms with Gasteiger partial charge < -0.3 is 20.9 Å². The Morgan fingerprint density at radius 3 is 2.25 bits per heavy atom. The molecule has 7 heteroatoms. The van der Waals surface area contributed by atoms with Crippen LogP contribution < -0.4 is 16.0 Å². The third-order valence-electron chi connectivity index (χ3n) is 8.42. The molecule has 0 bridgehead atoms. The average molecular weight is 505 g/mol. The van der Waals surface area contributed by atoms with E-state index < -0.39 is 6.04 Å². The maximum Gasteiger partial charge on any atom is 0.315 e. The van der Waals surface area contributed by atoms with Crippen molar-refractivity contribution in [1.82, 2.24) is 20.9 Å². The van der Waals surface area contributed by atoms with Crippen LogP contribution in [0.3, 0.4) is 0 Å². The van der Waals surface area contributed by atoms with Crippen molar-refractivity contribution >= 4 is 17.8 Å². The van der Waals surface area contributed by atoms with Crippen LogP contribution >= 0.6 is 0 Å². The molecule has 1 aliphatic heterocycles. The van der Waals surface area contributed by atoms with Crippen LogP contribution in [0.5, 0.6) is 0 Å². The first kappa shape index (κ1) is 30.2. The summed E-state index contributed by atoms with van der Waals surface area (Å²) in [4.78, 5) is 41.6. The number of nitrogens with zero attached hydrogens (tertiary/aromatic N) is 1. The van der Waals surface area contributed by atoms with Crippen molar-refractivity contribution < 1.29 is 14.4 Å². The lowest BCUT2D eigenvalue weighted by atomic mass is 9.70. The number of hydrogen-bond acceptors (Lipinski definition) is 3. The van der Waals surface area contributed by atoms with Gasteiger partial charge >= 0.3 is 6.03 Å². The Bertz CT molecular complexity index is 782. The highest BCUT2D eigenvalue weighted by Gasteiger charge is 2.46. The topological polar surface area (TPSA) is 90.5 Å². The fraction of sp³-hybridized carbons (Fsp3) is 0.828. The van der Waals surface area contributed by atoms with E-state index >= 15 is 0 Å². The van der Waals surface area contributed by atoms with Gasteiger partial charge in [-0.2, -0.15) is 0 Å². The van der Waals surface area contributed by atoms with Crippen LogP contribution in [0.2, 0.25) is 0 Å². The van der Waals surface area contributed by atoms with E-state index in [0.29, 0.717) is 25.3 Å². The summed E-state index contributed by atoms with van der Waals surface area (Å²) < 4.78 is 0. The minimum Gasteiger partial charge on any atom is -0.356 e. The molecule has 3 unspecified atom stereocenters. The number of likely N-dealkylation sites (tertiary alicyclic amines) is 1. The van der Waals surface area contributed by atoms with E-state index in [1.807, 2.05) is 18.7 Å². The highest BCUT2D eigenvalue weighted by molar-refractivity contribution is 5.88. The maximum absolute atomic E-state index is 14.1. The Kier molecular flexibility index (Phi) is 10.9. The summed E-state index contributed by atoms with van der Waals surface area (Å²) in [5.41, 5.74) is 0.496. The van der Waals surface area contributed by atoms with E-state index in [9.17, 15) is 14.4 Å². The van der Waals surface area contributed by atoms with Crippen molar-refractivity contribution in [3.8, 4) is 0 Å². The molecular weight excluding hydrogens is 452 g/mol. The summed E-state index contributed by atoms with van der Waals surface area (Å²) in [6.07, 6.45) is 8.03. The molecule has 206 valence electrons. The molecule has 2 aliphatic rings. The molecule has 36 heavy (non-hydrogen) atoms. The molecule has 3 N–H and O–H groups in total. The quantitative estimate of drug-likeness (QED) is 0.359. The summed E-state index contributed by atoms with van der Waals surface area (Å²) >= 11 is 0. The van der Waals surface area contributed by atoms with Gasteiger partial charge in [-0.15, -0.1) is 0 Å². The molecule has 1 saturated heterocycles. The third kappa shape index (κ3) is 7.97. The number of nitrogens with one attached hydrogen (secondary N) is 3. The second-order valence-electron chi connectivity index (χ2n) is 12.5. The van der Waals surface area contributed by atoms with Gasteiger partial charge in [-0.3, -0.25) is 9.59 Å². The second-order valence-corrected chi connectivity index (χ2v) is 12.5. The van der Waals surface area contributed by atoms with Crippen LogP contribution in [0, 0.1) is 16.7 Å². The number of amides is 4.